The van der Waals surface area contributed by atoms with E-state index < -0.39 is 0 Å². The lowest BCUT2D eigenvalue weighted by Gasteiger charge is -2.25. The van der Waals surface area contributed by atoms with E-state index in [1.807, 2.05) is 4.68 Å². The molecule has 1 aliphatic heterocycles. The van der Waals surface area contributed by atoms with Crippen LogP contribution >= 0.6 is 24.0 Å². The Kier molecular flexibility index (Phi) is 11.9. The molecular formula is C19H37IN6O. The number of aromatic nitrogens is 3. The van der Waals surface area contributed by atoms with Gasteiger partial charge in [-0.05, 0) is 25.7 Å². The normalized spacial score (nSPS) is 17.8. The predicted molar refractivity (Wildman–Crippen MR) is 121 cm³/mol. The van der Waals surface area contributed by atoms with Crippen LogP contribution in [-0.2, 0) is 24.3 Å². The average Bonchev–Trinajstić information content (AvgIpc) is 3.04. The number of nitrogens with one attached hydrogen (secondary N) is 2. The number of fused-ring (bicyclic) bond motifs is 1. The maximum atomic E-state index is 5.14. The highest BCUT2D eigenvalue weighted by Crippen LogP contribution is 2.15. The highest BCUT2D eigenvalue weighted by Gasteiger charge is 2.22. The first-order chi connectivity index (χ1) is 12.7. The molecule has 2 atom stereocenters. The first-order valence-electron chi connectivity index (χ1n) is 10.2. The fourth-order valence-electron chi connectivity index (χ4n) is 3.32. The smallest absolute Gasteiger partial charge is 0.191 e. The Morgan fingerprint density at radius 2 is 2.19 bits per heavy atom. The summed E-state index contributed by atoms with van der Waals surface area (Å²) in [6.45, 7) is 9.69. The molecule has 0 saturated carbocycles. The first-order valence-corrected chi connectivity index (χ1v) is 10.2. The van der Waals surface area contributed by atoms with E-state index in [0.29, 0.717) is 18.6 Å². The zero-order chi connectivity index (χ0) is 18.8. The summed E-state index contributed by atoms with van der Waals surface area (Å²) < 4.78 is 7.15. The van der Waals surface area contributed by atoms with Crippen LogP contribution in [0.1, 0.15) is 64.5 Å². The third-order valence-electron chi connectivity index (χ3n) is 4.91. The summed E-state index contributed by atoms with van der Waals surface area (Å²) in [5, 5.41) is 11.5. The minimum absolute atomic E-state index is 0. The standard InChI is InChI=1S/C19H36N6O.HI/c1-5-8-9-15(6-2)12-21-19(20-7-3)22-16-10-11-18-23-17(14-26-4)24-25(18)13-16;/h15-16H,5-14H2,1-4H3,(H2,20,21,22);1H. The molecule has 0 bridgehead atoms. The molecule has 0 spiro atoms. The Hall–Kier alpha value is -0.900. The second-order valence-corrected chi connectivity index (χ2v) is 7.08. The van der Waals surface area contributed by atoms with Crippen molar-refractivity contribution in [2.24, 2.45) is 10.9 Å². The number of hydrogen-bond donors (Lipinski definition) is 2. The molecule has 8 heteroatoms. The highest BCUT2D eigenvalue weighted by atomic mass is 127. The van der Waals surface area contributed by atoms with Crippen LogP contribution in [0, 0.1) is 5.92 Å². The Morgan fingerprint density at radius 3 is 2.85 bits per heavy atom. The van der Waals surface area contributed by atoms with Crippen molar-refractivity contribution in [1.29, 1.82) is 0 Å². The van der Waals surface area contributed by atoms with Gasteiger partial charge in [-0.1, -0.05) is 33.1 Å². The molecule has 2 unspecified atom stereocenters. The minimum atomic E-state index is 0. The van der Waals surface area contributed by atoms with Crippen LogP contribution < -0.4 is 10.6 Å². The lowest BCUT2D eigenvalue weighted by Crippen LogP contribution is -2.47. The number of unbranched alkanes of at least 4 members (excludes halogenated alkanes) is 1. The number of rotatable bonds is 10. The van der Waals surface area contributed by atoms with E-state index in [1.54, 1.807) is 7.11 Å². The van der Waals surface area contributed by atoms with Crippen LogP contribution in [0.5, 0.6) is 0 Å². The predicted octanol–water partition coefficient (Wildman–Crippen LogP) is 3.13. The Balaban J connectivity index is 0.00000364. The summed E-state index contributed by atoms with van der Waals surface area (Å²) in [7, 11) is 1.67. The quantitative estimate of drug-likeness (QED) is 0.298. The van der Waals surface area contributed by atoms with Gasteiger partial charge in [0, 0.05) is 32.7 Å². The van der Waals surface area contributed by atoms with Crippen molar-refractivity contribution in [3.8, 4) is 0 Å². The molecule has 1 aliphatic rings. The maximum absolute atomic E-state index is 5.14. The number of nitrogens with zero attached hydrogens (tertiary/aromatic N) is 4. The monoisotopic (exact) mass is 492 g/mol. The molecule has 0 aromatic carbocycles. The van der Waals surface area contributed by atoms with E-state index in [9.17, 15) is 0 Å². The van der Waals surface area contributed by atoms with Crippen molar-refractivity contribution < 1.29 is 4.74 Å². The molecule has 0 fully saturated rings. The lowest BCUT2D eigenvalue weighted by atomic mass is 10.00. The summed E-state index contributed by atoms with van der Waals surface area (Å²) in [5.41, 5.74) is 0. The van der Waals surface area contributed by atoms with Gasteiger partial charge in [-0.2, -0.15) is 5.10 Å². The molecule has 2 N–H and O–H groups in total. The van der Waals surface area contributed by atoms with Crippen molar-refractivity contribution in [3.05, 3.63) is 11.6 Å². The van der Waals surface area contributed by atoms with Crippen LogP contribution in [-0.4, -0.2) is 47.0 Å². The fourth-order valence-corrected chi connectivity index (χ4v) is 3.32. The molecule has 1 aromatic rings. The SMILES string of the molecule is CCCCC(CC)CN=C(NCC)NC1CCc2nc(COC)nn2C1.I. The summed E-state index contributed by atoms with van der Waals surface area (Å²) >= 11 is 0. The van der Waals surface area contributed by atoms with Gasteiger partial charge in [0.05, 0.1) is 6.54 Å². The van der Waals surface area contributed by atoms with E-state index >= 15 is 0 Å². The van der Waals surface area contributed by atoms with Gasteiger partial charge in [0.1, 0.15) is 12.4 Å². The lowest BCUT2D eigenvalue weighted by molar-refractivity contribution is 0.177. The van der Waals surface area contributed by atoms with E-state index in [2.05, 4.69) is 41.5 Å². The Bertz CT molecular complexity index is 562. The molecule has 2 heterocycles. The van der Waals surface area contributed by atoms with Crippen LogP contribution in [0.2, 0.25) is 0 Å². The Morgan fingerprint density at radius 1 is 1.37 bits per heavy atom. The number of methoxy groups -OCH3 is 1. The molecule has 0 aliphatic carbocycles. The van der Waals surface area contributed by atoms with Crippen molar-refractivity contribution in [1.82, 2.24) is 25.4 Å². The third kappa shape index (κ3) is 7.93. The van der Waals surface area contributed by atoms with E-state index in [-0.39, 0.29) is 24.0 Å². The van der Waals surface area contributed by atoms with Crippen molar-refractivity contribution in [2.75, 3.05) is 20.2 Å². The third-order valence-corrected chi connectivity index (χ3v) is 4.91. The Labute approximate surface area is 181 Å². The van der Waals surface area contributed by atoms with Crippen LogP contribution in [0.3, 0.4) is 0 Å². The number of guanidine groups is 1. The molecule has 0 amide bonds. The largest absolute Gasteiger partial charge is 0.377 e. The number of hydrogen-bond acceptors (Lipinski definition) is 4. The fraction of sp³-hybridized carbons (Fsp3) is 0.842. The van der Waals surface area contributed by atoms with Gasteiger partial charge in [0.25, 0.3) is 0 Å². The van der Waals surface area contributed by atoms with Crippen molar-refractivity contribution in [3.63, 3.8) is 0 Å². The van der Waals surface area contributed by atoms with Crippen LogP contribution in [0.25, 0.3) is 0 Å². The molecule has 156 valence electrons. The zero-order valence-corrected chi connectivity index (χ0v) is 19.7. The second-order valence-electron chi connectivity index (χ2n) is 7.08. The molecular weight excluding hydrogens is 455 g/mol. The van der Waals surface area contributed by atoms with E-state index in [0.717, 1.165) is 50.1 Å². The topological polar surface area (TPSA) is 76.4 Å². The molecule has 1 aromatic heterocycles. The van der Waals surface area contributed by atoms with Gasteiger partial charge in [-0.3, -0.25) is 4.99 Å². The van der Waals surface area contributed by atoms with Crippen LogP contribution in [0.15, 0.2) is 4.99 Å². The van der Waals surface area contributed by atoms with Crippen molar-refractivity contribution >= 4 is 29.9 Å². The minimum Gasteiger partial charge on any atom is -0.377 e. The zero-order valence-electron chi connectivity index (χ0n) is 17.3. The van der Waals surface area contributed by atoms with Gasteiger partial charge in [-0.25, -0.2) is 9.67 Å². The van der Waals surface area contributed by atoms with Gasteiger partial charge in [0.2, 0.25) is 0 Å². The number of aliphatic imine (C=N–C) groups is 1. The maximum Gasteiger partial charge on any atom is 0.191 e. The molecule has 7 nitrogen and oxygen atoms in total. The molecule has 0 saturated heterocycles. The number of ether oxygens (including phenoxy) is 1. The van der Waals surface area contributed by atoms with Gasteiger partial charge in [-0.15, -0.1) is 24.0 Å². The summed E-state index contributed by atoms with van der Waals surface area (Å²) in [5.74, 6) is 3.43. The molecule has 2 rings (SSSR count). The molecule has 27 heavy (non-hydrogen) atoms. The number of aryl methyl sites for hydroxylation is 1. The summed E-state index contributed by atoms with van der Waals surface area (Å²) in [4.78, 5) is 9.39. The van der Waals surface area contributed by atoms with Crippen LogP contribution in [0.4, 0.5) is 0 Å². The van der Waals surface area contributed by atoms with Gasteiger partial charge in [0.15, 0.2) is 11.8 Å². The van der Waals surface area contributed by atoms with Gasteiger partial charge < -0.3 is 15.4 Å². The summed E-state index contributed by atoms with van der Waals surface area (Å²) in [6, 6.07) is 0.327. The molecule has 0 radical (unpaired) electrons. The second kappa shape index (κ2) is 13.3. The van der Waals surface area contributed by atoms with E-state index in [4.69, 9.17) is 9.73 Å². The summed E-state index contributed by atoms with van der Waals surface area (Å²) in [6.07, 6.45) is 6.98. The van der Waals surface area contributed by atoms with Gasteiger partial charge >= 0.3 is 0 Å². The highest BCUT2D eigenvalue weighted by molar-refractivity contribution is 14.0. The first kappa shape index (κ1) is 24.1. The van der Waals surface area contributed by atoms with E-state index in [1.165, 1.54) is 25.7 Å². The average molecular weight is 492 g/mol. The van der Waals surface area contributed by atoms with Crippen molar-refractivity contribution in [2.45, 2.75) is 78.5 Å². The number of halogens is 1.